The number of carbonyl (C=O) groups excluding carboxylic acids is 1. The lowest BCUT2D eigenvalue weighted by atomic mass is 9.98. The van der Waals surface area contributed by atoms with Gasteiger partial charge in [-0.25, -0.2) is 0 Å². The van der Waals surface area contributed by atoms with E-state index in [1.54, 1.807) is 6.07 Å². The largest absolute Gasteiger partial charge is 0.360 e. The second-order valence-corrected chi connectivity index (χ2v) is 6.52. The lowest BCUT2D eigenvalue weighted by molar-refractivity contribution is 0.0927. The zero-order valence-electron chi connectivity index (χ0n) is 13.9. The van der Waals surface area contributed by atoms with E-state index in [1.165, 1.54) is 5.56 Å². The fourth-order valence-electron chi connectivity index (χ4n) is 2.98. The van der Waals surface area contributed by atoms with E-state index < -0.39 is 0 Å². The summed E-state index contributed by atoms with van der Waals surface area (Å²) in [7, 11) is 0. The smallest absolute Gasteiger partial charge is 0.273 e. The highest BCUT2D eigenvalue weighted by Gasteiger charge is 2.29. The molecule has 1 fully saturated rings. The van der Waals surface area contributed by atoms with Crippen LogP contribution in [0.5, 0.6) is 0 Å². The van der Waals surface area contributed by atoms with Gasteiger partial charge in [0.15, 0.2) is 5.69 Å². The van der Waals surface area contributed by atoms with E-state index in [2.05, 4.69) is 22.6 Å². The minimum Gasteiger partial charge on any atom is -0.360 e. The third-order valence-electron chi connectivity index (χ3n) is 4.53. The van der Waals surface area contributed by atoms with Gasteiger partial charge in [-0.15, -0.1) is 0 Å². The first-order valence-electron chi connectivity index (χ1n) is 8.66. The van der Waals surface area contributed by atoms with E-state index in [1.807, 2.05) is 48.5 Å². The molecule has 25 heavy (non-hydrogen) atoms. The second kappa shape index (κ2) is 6.93. The van der Waals surface area contributed by atoms with Gasteiger partial charge in [-0.1, -0.05) is 65.8 Å². The summed E-state index contributed by atoms with van der Waals surface area (Å²) in [6.45, 7) is 0. The maximum atomic E-state index is 12.6. The molecule has 4 nitrogen and oxygen atoms in total. The maximum absolute atomic E-state index is 12.6. The highest BCUT2D eigenvalue weighted by molar-refractivity contribution is 5.92. The van der Waals surface area contributed by atoms with Crippen molar-refractivity contribution in [3.05, 3.63) is 89.3 Å². The Morgan fingerprint density at radius 3 is 2.44 bits per heavy atom. The molecule has 0 unspecified atom stereocenters. The molecule has 4 rings (SSSR count). The number of nitrogens with one attached hydrogen (secondary N) is 1. The quantitative estimate of drug-likeness (QED) is 0.733. The number of hydrogen-bond acceptors (Lipinski definition) is 3. The first kappa shape index (κ1) is 15.6. The van der Waals surface area contributed by atoms with Gasteiger partial charge >= 0.3 is 0 Å². The van der Waals surface area contributed by atoms with Crippen LogP contribution >= 0.6 is 0 Å². The summed E-state index contributed by atoms with van der Waals surface area (Å²) in [6, 6.07) is 21.8. The van der Waals surface area contributed by atoms with Crippen molar-refractivity contribution in [1.29, 1.82) is 0 Å². The average molecular weight is 332 g/mol. The molecular formula is C21H20N2O2. The monoisotopic (exact) mass is 332 g/mol. The van der Waals surface area contributed by atoms with Crippen LogP contribution in [0.25, 0.3) is 0 Å². The van der Waals surface area contributed by atoms with Gasteiger partial charge in [-0.3, -0.25) is 4.79 Å². The Morgan fingerprint density at radius 2 is 1.76 bits per heavy atom. The predicted octanol–water partition coefficient (Wildman–Crippen LogP) is 4.27. The Labute approximate surface area is 146 Å². The van der Waals surface area contributed by atoms with Crippen LogP contribution in [0.1, 0.15) is 52.2 Å². The van der Waals surface area contributed by atoms with Crippen LogP contribution in [-0.4, -0.2) is 11.1 Å². The van der Waals surface area contributed by atoms with Gasteiger partial charge in [-0.2, -0.15) is 0 Å². The predicted molar refractivity (Wildman–Crippen MR) is 95.3 cm³/mol. The summed E-state index contributed by atoms with van der Waals surface area (Å²) in [5, 5.41) is 7.05. The molecule has 126 valence electrons. The molecule has 1 atom stereocenters. The van der Waals surface area contributed by atoms with Crippen LogP contribution in [0.3, 0.4) is 0 Å². The molecule has 0 bridgehead atoms. The van der Waals surface area contributed by atoms with Crippen LogP contribution in [0, 0.1) is 0 Å². The fourth-order valence-corrected chi connectivity index (χ4v) is 2.98. The van der Waals surface area contributed by atoms with Gasteiger partial charge in [0.05, 0.1) is 6.04 Å². The molecule has 1 N–H and O–H groups in total. The molecule has 0 saturated heterocycles. The molecule has 1 aliphatic carbocycles. The third-order valence-corrected chi connectivity index (χ3v) is 4.53. The van der Waals surface area contributed by atoms with Gasteiger partial charge in [0.25, 0.3) is 5.91 Å². The molecule has 3 aromatic rings. The van der Waals surface area contributed by atoms with Crippen molar-refractivity contribution in [2.45, 2.75) is 31.2 Å². The Morgan fingerprint density at radius 1 is 1.08 bits per heavy atom. The van der Waals surface area contributed by atoms with Gasteiger partial charge < -0.3 is 9.84 Å². The molecular weight excluding hydrogens is 312 g/mol. The summed E-state index contributed by atoms with van der Waals surface area (Å²) in [5.74, 6) is 1.08. The molecule has 1 amide bonds. The summed E-state index contributed by atoms with van der Waals surface area (Å²) < 4.78 is 5.30. The molecule has 1 aliphatic rings. The minimum absolute atomic E-state index is 0.114. The molecule has 0 spiro atoms. The van der Waals surface area contributed by atoms with Crippen LogP contribution in [0.4, 0.5) is 0 Å². The van der Waals surface area contributed by atoms with E-state index >= 15 is 0 Å². The summed E-state index contributed by atoms with van der Waals surface area (Å²) in [6.07, 6.45) is 2.97. The SMILES string of the molecule is O=C(N[C@H](Cc1ccccc1)c1ccccc1)c1cc(C2CC2)on1. The van der Waals surface area contributed by atoms with E-state index in [4.69, 9.17) is 4.52 Å². The topological polar surface area (TPSA) is 55.1 Å². The van der Waals surface area contributed by atoms with E-state index in [9.17, 15) is 4.79 Å². The Bertz CT molecular complexity index is 839. The van der Waals surface area contributed by atoms with Gasteiger partial charge in [0.2, 0.25) is 0 Å². The van der Waals surface area contributed by atoms with Crippen molar-refractivity contribution in [2.75, 3.05) is 0 Å². The molecule has 1 heterocycles. The Kier molecular flexibility index (Phi) is 4.34. The summed E-state index contributed by atoms with van der Waals surface area (Å²) in [4.78, 5) is 12.6. The number of nitrogens with zero attached hydrogens (tertiary/aromatic N) is 1. The number of benzene rings is 2. The van der Waals surface area contributed by atoms with Crippen LogP contribution in [-0.2, 0) is 6.42 Å². The lowest BCUT2D eigenvalue weighted by Crippen LogP contribution is -2.30. The average Bonchev–Trinajstić information content (AvgIpc) is 3.39. The van der Waals surface area contributed by atoms with Crippen LogP contribution < -0.4 is 5.32 Å². The molecule has 0 radical (unpaired) electrons. The Balaban J connectivity index is 1.53. The highest BCUT2D eigenvalue weighted by atomic mass is 16.5. The van der Waals surface area contributed by atoms with Crippen molar-refractivity contribution < 1.29 is 9.32 Å². The van der Waals surface area contributed by atoms with Gasteiger partial charge in [0, 0.05) is 12.0 Å². The minimum atomic E-state index is -0.194. The molecule has 1 saturated carbocycles. The first-order valence-corrected chi connectivity index (χ1v) is 8.66. The zero-order valence-corrected chi connectivity index (χ0v) is 13.9. The molecule has 2 aromatic carbocycles. The first-order chi connectivity index (χ1) is 12.3. The Hall–Kier alpha value is -2.88. The second-order valence-electron chi connectivity index (χ2n) is 6.52. The van der Waals surface area contributed by atoms with Crippen molar-refractivity contribution in [2.24, 2.45) is 0 Å². The van der Waals surface area contributed by atoms with Crippen molar-refractivity contribution >= 4 is 5.91 Å². The normalized spacial score (nSPS) is 14.9. The van der Waals surface area contributed by atoms with Crippen LogP contribution in [0.2, 0.25) is 0 Å². The fraction of sp³-hybridized carbons (Fsp3) is 0.238. The standard InChI is InChI=1S/C21H20N2O2/c24-21(19-14-20(25-23-19)17-11-12-17)22-18(16-9-5-2-6-10-16)13-15-7-3-1-4-8-15/h1-10,14,17-18H,11-13H2,(H,22,24)/t18-/m1/s1. The van der Waals surface area contributed by atoms with Crippen LogP contribution in [0.15, 0.2) is 71.3 Å². The number of hydrogen-bond donors (Lipinski definition) is 1. The number of rotatable bonds is 6. The third kappa shape index (κ3) is 3.79. The number of aromatic nitrogens is 1. The molecule has 0 aliphatic heterocycles. The van der Waals surface area contributed by atoms with Gasteiger partial charge in [0.1, 0.15) is 5.76 Å². The molecule has 1 aromatic heterocycles. The van der Waals surface area contributed by atoms with Crippen molar-refractivity contribution in [1.82, 2.24) is 10.5 Å². The zero-order chi connectivity index (χ0) is 17.1. The lowest BCUT2D eigenvalue weighted by Gasteiger charge is -2.19. The van der Waals surface area contributed by atoms with Gasteiger partial charge in [-0.05, 0) is 30.4 Å². The van der Waals surface area contributed by atoms with E-state index in [0.29, 0.717) is 11.6 Å². The van der Waals surface area contributed by atoms with Crippen molar-refractivity contribution in [3.63, 3.8) is 0 Å². The van der Waals surface area contributed by atoms with Crippen molar-refractivity contribution in [3.8, 4) is 0 Å². The number of amides is 1. The maximum Gasteiger partial charge on any atom is 0.273 e. The van der Waals surface area contributed by atoms with E-state index in [0.717, 1.165) is 30.6 Å². The number of carbonyl (C=O) groups is 1. The highest BCUT2D eigenvalue weighted by Crippen LogP contribution is 2.40. The summed E-state index contributed by atoms with van der Waals surface area (Å²) in [5.41, 5.74) is 2.61. The van der Waals surface area contributed by atoms with E-state index in [-0.39, 0.29) is 11.9 Å². The summed E-state index contributed by atoms with van der Waals surface area (Å²) >= 11 is 0. The molecule has 4 heteroatoms.